The van der Waals surface area contributed by atoms with E-state index in [0.717, 1.165) is 29.7 Å². The zero-order valence-corrected chi connectivity index (χ0v) is 17.9. The molecule has 0 unspecified atom stereocenters. The SMILES string of the molecule is CC1=C[C@@H](CNC(=O)COCC(=O)O)[C@H](C(C)C)C[C@H]1Cc1nc2ccccc2[nH]1. The maximum absolute atomic E-state index is 12.0. The van der Waals surface area contributed by atoms with Gasteiger partial charge in [0.05, 0.1) is 11.0 Å². The molecule has 7 nitrogen and oxygen atoms in total. The first-order valence-electron chi connectivity index (χ1n) is 10.5. The van der Waals surface area contributed by atoms with E-state index in [1.54, 1.807) is 0 Å². The van der Waals surface area contributed by atoms with Gasteiger partial charge in [0, 0.05) is 13.0 Å². The second kappa shape index (κ2) is 9.89. The van der Waals surface area contributed by atoms with Gasteiger partial charge in [-0.25, -0.2) is 9.78 Å². The van der Waals surface area contributed by atoms with Crippen molar-refractivity contribution < 1.29 is 19.4 Å². The number of aromatic nitrogens is 2. The Balaban J connectivity index is 1.62. The second-order valence-electron chi connectivity index (χ2n) is 8.51. The van der Waals surface area contributed by atoms with E-state index in [2.05, 4.69) is 37.1 Å². The topological polar surface area (TPSA) is 104 Å². The van der Waals surface area contributed by atoms with Crippen molar-refractivity contribution in [2.75, 3.05) is 19.8 Å². The highest BCUT2D eigenvalue weighted by atomic mass is 16.5. The summed E-state index contributed by atoms with van der Waals surface area (Å²) in [4.78, 5) is 30.6. The van der Waals surface area contributed by atoms with Crippen molar-refractivity contribution in [2.45, 2.75) is 33.6 Å². The first kappa shape index (κ1) is 22.0. The van der Waals surface area contributed by atoms with Gasteiger partial charge in [-0.3, -0.25) is 4.79 Å². The van der Waals surface area contributed by atoms with E-state index < -0.39 is 12.6 Å². The van der Waals surface area contributed by atoms with Gasteiger partial charge < -0.3 is 20.1 Å². The maximum atomic E-state index is 12.0. The number of imidazole rings is 1. The molecular weight excluding hydrogens is 382 g/mol. The van der Waals surface area contributed by atoms with E-state index in [-0.39, 0.29) is 18.4 Å². The molecule has 7 heteroatoms. The van der Waals surface area contributed by atoms with Gasteiger partial charge in [0.1, 0.15) is 19.0 Å². The van der Waals surface area contributed by atoms with E-state index in [1.807, 2.05) is 24.3 Å². The van der Waals surface area contributed by atoms with Crippen LogP contribution in [-0.2, 0) is 20.7 Å². The molecule has 1 amide bonds. The number of hydrogen-bond acceptors (Lipinski definition) is 4. The lowest BCUT2D eigenvalue weighted by atomic mass is 9.70. The summed E-state index contributed by atoms with van der Waals surface area (Å²) in [6, 6.07) is 8.08. The monoisotopic (exact) mass is 413 g/mol. The van der Waals surface area contributed by atoms with Crippen LogP contribution in [0.2, 0.25) is 0 Å². The maximum Gasteiger partial charge on any atom is 0.329 e. The van der Waals surface area contributed by atoms with Crippen LogP contribution in [0, 0.1) is 23.7 Å². The molecule has 0 fully saturated rings. The molecule has 3 N–H and O–H groups in total. The quantitative estimate of drug-likeness (QED) is 0.548. The highest BCUT2D eigenvalue weighted by Gasteiger charge is 2.32. The predicted octanol–water partition coefficient (Wildman–Crippen LogP) is 3.18. The van der Waals surface area contributed by atoms with Crippen molar-refractivity contribution in [1.29, 1.82) is 0 Å². The Hall–Kier alpha value is -2.67. The van der Waals surface area contributed by atoms with Crippen LogP contribution >= 0.6 is 0 Å². The number of carboxylic acids is 1. The highest BCUT2D eigenvalue weighted by molar-refractivity contribution is 5.77. The lowest BCUT2D eigenvalue weighted by molar-refractivity contribution is -0.143. The van der Waals surface area contributed by atoms with E-state index in [0.29, 0.717) is 24.3 Å². The number of aliphatic carboxylic acids is 1. The molecule has 0 spiro atoms. The number of amides is 1. The van der Waals surface area contributed by atoms with Crippen LogP contribution in [0.15, 0.2) is 35.9 Å². The van der Waals surface area contributed by atoms with Gasteiger partial charge in [0.2, 0.25) is 5.91 Å². The van der Waals surface area contributed by atoms with Crippen molar-refractivity contribution >= 4 is 22.9 Å². The minimum atomic E-state index is -1.08. The number of hydrogen-bond donors (Lipinski definition) is 3. The van der Waals surface area contributed by atoms with E-state index in [4.69, 9.17) is 14.8 Å². The van der Waals surface area contributed by atoms with Gasteiger partial charge in [-0.2, -0.15) is 0 Å². The van der Waals surface area contributed by atoms with Crippen LogP contribution in [0.5, 0.6) is 0 Å². The van der Waals surface area contributed by atoms with Crippen LogP contribution < -0.4 is 5.32 Å². The summed E-state index contributed by atoms with van der Waals surface area (Å²) in [6.45, 7) is 6.45. The van der Waals surface area contributed by atoms with Crippen LogP contribution in [0.25, 0.3) is 11.0 Å². The standard InChI is InChI=1S/C23H31N3O4/c1-14(2)18-9-16(10-21-25-19-6-4-5-7-20(19)26-21)15(3)8-17(18)11-24-22(27)12-30-13-23(28)29/h4-8,14,16-18H,9-13H2,1-3H3,(H,24,27)(H,25,26)(H,28,29)/t16-,17-,18-/m0/s1. The molecule has 1 heterocycles. The molecule has 162 valence electrons. The number of aromatic amines is 1. The molecule has 3 atom stereocenters. The molecular formula is C23H31N3O4. The summed E-state index contributed by atoms with van der Waals surface area (Å²) < 4.78 is 4.86. The molecule has 1 aromatic carbocycles. The van der Waals surface area contributed by atoms with Crippen molar-refractivity contribution in [3.63, 3.8) is 0 Å². The van der Waals surface area contributed by atoms with Gasteiger partial charge in [-0.15, -0.1) is 0 Å². The van der Waals surface area contributed by atoms with Crippen molar-refractivity contribution in [2.24, 2.45) is 23.7 Å². The minimum absolute atomic E-state index is 0.233. The summed E-state index contributed by atoms with van der Waals surface area (Å²) in [7, 11) is 0. The Labute approximate surface area is 176 Å². The third kappa shape index (κ3) is 5.69. The third-order valence-corrected chi connectivity index (χ3v) is 5.96. The number of allylic oxidation sites excluding steroid dienone is 1. The Morgan fingerprint density at radius 2 is 2.07 bits per heavy atom. The number of rotatable bonds is 9. The Kier molecular flexibility index (Phi) is 7.26. The fourth-order valence-corrected chi connectivity index (χ4v) is 4.36. The van der Waals surface area contributed by atoms with Gasteiger partial charge in [-0.1, -0.05) is 37.6 Å². The van der Waals surface area contributed by atoms with E-state index in [9.17, 15) is 9.59 Å². The molecule has 30 heavy (non-hydrogen) atoms. The fourth-order valence-electron chi connectivity index (χ4n) is 4.36. The van der Waals surface area contributed by atoms with Crippen LogP contribution in [0.3, 0.4) is 0 Å². The van der Waals surface area contributed by atoms with Crippen molar-refractivity contribution in [3.8, 4) is 0 Å². The van der Waals surface area contributed by atoms with Crippen LogP contribution in [0.4, 0.5) is 0 Å². The number of benzene rings is 1. The average molecular weight is 414 g/mol. The first-order valence-corrected chi connectivity index (χ1v) is 10.5. The molecule has 2 aromatic rings. The molecule has 0 aliphatic heterocycles. The molecule has 0 bridgehead atoms. The number of fused-ring (bicyclic) bond motifs is 1. The minimum Gasteiger partial charge on any atom is -0.480 e. The average Bonchev–Trinajstić information content (AvgIpc) is 3.10. The van der Waals surface area contributed by atoms with Gasteiger partial charge >= 0.3 is 5.97 Å². The summed E-state index contributed by atoms with van der Waals surface area (Å²) in [5.74, 6) is 1.25. The van der Waals surface area contributed by atoms with Gasteiger partial charge in [-0.05, 0) is 49.1 Å². The number of para-hydroxylation sites is 2. The van der Waals surface area contributed by atoms with Crippen molar-refractivity contribution in [1.82, 2.24) is 15.3 Å². The number of nitrogens with one attached hydrogen (secondary N) is 2. The highest BCUT2D eigenvalue weighted by Crippen LogP contribution is 2.38. The number of ether oxygens (including phenoxy) is 1. The van der Waals surface area contributed by atoms with Crippen LogP contribution in [-0.4, -0.2) is 46.7 Å². The number of carboxylic acid groups (broad SMARTS) is 1. The van der Waals surface area contributed by atoms with E-state index >= 15 is 0 Å². The van der Waals surface area contributed by atoms with Gasteiger partial charge in [0.25, 0.3) is 0 Å². The predicted molar refractivity (Wildman–Crippen MR) is 115 cm³/mol. The Morgan fingerprint density at radius 3 is 2.77 bits per heavy atom. The fraction of sp³-hybridized carbons (Fsp3) is 0.522. The Morgan fingerprint density at radius 1 is 1.30 bits per heavy atom. The Bertz CT molecular complexity index is 885. The molecule has 1 aliphatic rings. The molecule has 0 saturated heterocycles. The molecule has 3 rings (SSSR count). The zero-order chi connectivity index (χ0) is 21.7. The molecule has 0 saturated carbocycles. The smallest absolute Gasteiger partial charge is 0.329 e. The first-order chi connectivity index (χ1) is 14.3. The second-order valence-corrected chi connectivity index (χ2v) is 8.51. The largest absolute Gasteiger partial charge is 0.480 e. The summed E-state index contributed by atoms with van der Waals surface area (Å²) in [6.07, 6.45) is 4.22. The molecule has 1 aromatic heterocycles. The van der Waals surface area contributed by atoms with Gasteiger partial charge in [0.15, 0.2) is 0 Å². The molecule has 0 radical (unpaired) electrons. The van der Waals surface area contributed by atoms with Crippen LogP contribution in [0.1, 0.15) is 33.0 Å². The zero-order valence-electron chi connectivity index (χ0n) is 17.9. The lowest BCUT2D eigenvalue weighted by Crippen LogP contribution is -2.38. The number of H-pyrrole nitrogens is 1. The summed E-state index contributed by atoms with van der Waals surface area (Å²) in [5, 5.41) is 11.5. The number of nitrogens with zero attached hydrogens (tertiary/aromatic N) is 1. The number of carbonyl (C=O) groups excluding carboxylic acids is 1. The summed E-state index contributed by atoms with van der Waals surface area (Å²) >= 11 is 0. The van der Waals surface area contributed by atoms with Crippen molar-refractivity contribution in [3.05, 3.63) is 41.7 Å². The third-order valence-electron chi connectivity index (χ3n) is 5.96. The number of carbonyl (C=O) groups is 2. The molecule has 1 aliphatic carbocycles. The normalized spacial score (nSPS) is 21.6. The summed E-state index contributed by atoms with van der Waals surface area (Å²) in [5.41, 5.74) is 3.39. The lowest BCUT2D eigenvalue weighted by Gasteiger charge is -2.37. The van der Waals surface area contributed by atoms with E-state index in [1.165, 1.54) is 5.57 Å².